The normalized spacial score (nSPS) is 12.0. The van der Waals surface area contributed by atoms with E-state index >= 15 is 0 Å². The number of methoxy groups -OCH3 is 1. The van der Waals surface area contributed by atoms with E-state index in [4.69, 9.17) is 9.15 Å². The smallest absolute Gasteiger partial charge is 0.243 e. The summed E-state index contributed by atoms with van der Waals surface area (Å²) in [7, 11) is -2.05. The van der Waals surface area contributed by atoms with Crippen LogP contribution in [0.5, 0.6) is 5.75 Å². The summed E-state index contributed by atoms with van der Waals surface area (Å²) in [6.45, 7) is 2.36. The highest BCUT2D eigenvalue weighted by molar-refractivity contribution is 7.89. The van der Waals surface area contributed by atoms with Crippen LogP contribution in [-0.2, 0) is 16.6 Å². The molecule has 24 heavy (non-hydrogen) atoms. The molecule has 0 N–H and O–H groups in total. The largest absolute Gasteiger partial charge is 0.497 e. The van der Waals surface area contributed by atoms with Gasteiger partial charge in [-0.15, -0.1) is 0 Å². The van der Waals surface area contributed by atoms with Crippen molar-refractivity contribution >= 4 is 21.0 Å². The Kier molecular flexibility index (Phi) is 4.59. The average molecular weight is 345 g/mol. The van der Waals surface area contributed by atoms with Gasteiger partial charge in [0.2, 0.25) is 10.0 Å². The number of sulfonamides is 1. The third-order valence-corrected chi connectivity index (χ3v) is 5.79. The third-order valence-electron chi connectivity index (χ3n) is 3.86. The van der Waals surface area contributed by atoms with Crippen LogP contribution in [0, 0.1) is 0 Å². The minimum atomic E-state index is -3.59. The van der Waals surface area contributed by atoms with Gasteiger partial charge in [-0.05, 0) is 36.4 Å². The number of furan rings is 1. The Labute approximate surface area is 141 Å². The van der Waals surface area contributed by atoms with Crippen LogP contribution in [-0.4, -0.2) is 26.4 Å². The second-order valence-electron chi connectivity index (χ2n) is 5.36. The molecular weight excluding hydrogens is 326 g/mol. The van der Waals surface area contributed by atoms with Crippen molar-refractivity contribution in [2.24, 2.45) is 0 Å². The quantitative estimate of drug-likeness (QED) is 0.684. The highest BCUT2D eigenvalue weighted by Crippen LogP contribution is 2.24. The number of ether oxygens (including phenoxy) is 1. The van der Waals surface area contributed by atoms with Crippen LogP contribution in [0.2, 0.25) is 0 Å². The number of para-hydroxylation sites is 1. The summed E-state index contributed by atoms with van der Waals surface area (Å²) < 4.78 is 37.9. The summed E-state index contributed by atoms with van der Waals surface area (Å²) in [5, 5.41) is 0.963. The maximum atomic E-state index is 12.8. The molecule has 0 aliphatic carbocycles. The first kappa shape index (κ1) is 16.5. The molecule has 0 spiro atoms. The number of fused-ring (bicyclic) bond motifs is 1. The molecule has 3 rings (SSSR count). The molecule has 0 aliphatic heterocycles. The van der Waals surface area contributed by atoms with E-state index in [1.54, 1.807) is 31.4 Å². The van der Waals surface area contributed by atoms with Crippen LogP contribution in [0.25, 0.3) is 11.0 Å². The lowest BCUT2D eigenvalue weighted by Crippen LogP contribution is -2.30. The van der Waals surface area contributed by atoms with E-state index in [9.17, 15) is 8.42 Å². The maximum absolute atomic E-state index is 12.8. The van der Waals surface area contributed by atoms with Crippen molar-refractivity contribution in [1.29, 1.82) is 0 Å². The molecule has 0 unspecified atom stereocenters. The summed E-state index contributed by atoms with van der Waals surface area (Å²) in [5.74, 6) is 1.24. The van der Waals surface area contributed by atoms with Crippen LogP contribution in [0.1, 0.15) is 12.7 Å². The second-order valence-corrected chi connectivity index (χ2v) is 7.30. The molecule has 0 bridgehead atoms. The van der Waals surface area contributed by atoms with Crippen molar-refractivity contribution in [3.8, 4) is 5.75 Å². The average Bonchev–Trinajstić information content (AvgIpc) is 3.02. The Morgan fingerprint density at radius 3 is 2.42 bits per heavy atom. The second kappa shape index (κ2) is 6.67. The SMILES string of the molecule is CCN(Cc1cc2ccccc2o1)S(=O)(=O)c1ccc(OC)cc1. The zero-order valence-electron chi connectivity index (χ0n) is 13.6. The Morgan fingerprint density at radius 1 is 1.08 bits per heavy atom. The van der Waals surface area contributed by atoms with Gasteiger partial charge in [-0.25, -0.2) is 8.42 Å². The van der Waals surface area contributed by atoms with Gasteiger partial charge in [-0.3, -0.25) is 0 Å². The lowest BCUT2D eigenvalue weighted by atomic mass is 10.2. The summed E-state index contributed by atoms with van der Waals surface area (Å²) in [6, 6.07) is 15.9. The molecule has 0 aliphatic rings. The standard InChI is InChI=1S/C18H19NO4S/c1-3-19(13-16-12-14-6-4-5-7-18(14)23-16)24(20,21)17-10-8-15(22-2)9-11-17/h4-12H,3,13H2,1-2H3. The number of hydrogen-bond donors (Lipinski definition) is 0. The van der Waals surface area contributed by atoms with Crippen molar-refractivity contribution in [3.63, 3.8) is 0 Å². The van der Waals surface area contributed by atoms with E-state index < -0.39 is 10.0 Å². The van der Waals surface area contributed by atoms with Crippen molar-refractivity contribution in [1.82, 2.24) is 4.31 Å². The predicted octanol–water partition coefficient (Wildman–Crippen LogP) is 3.65. The van der Waals surface area contributed by atoms with Gasteiger partial charge in [0.05, 0.1) is 18.6 Å². The third kappa shape index (κ3) is 3.16. The van der Waals surface area contributed by atoms with Gasteiger partial charge in [0, 0.05) is 11.9 Å². The van der Waals surface area contributed by atoms with Gasteiger partial charge in [0.15, 0.2) is 0 Å². The van der Waals surface area contributed by atoms with E-state index in [1.165, 1.54) is 4.31 Å². The fraction of sp³-hybridized carbons (Fsp3) is 0.222. The van der Waals surface area contributed by atoms with E-state index in [-0.39, 0.29) is 11.4 Å². The molecule has 0 saturated heterocycles. The van der Waals surface area contributed by atoms with Gasteiger partial charge >= 0.3 is 0 Å². The van der Waals surface area contributed by atoms with E-state index in [2.05, 4.69) is 0 Å². The number of rotatable bonds is 6. The molecule has 0 saturated carbocycles. The van der Waals surface area contributed by atoms with Crippen LogP contribution in [0.15, 0.2) is 63.9 Å². The molecule has 126 valence electrons. The monoisotopic (exact) mass is 345 g/mol. The molecule has 0 amide bonds. The topological polar surface area (TPSA) is 59.8 Å². The fourth-order valence-electron chi connectivity index (χ4n) is 2.55. The molecule has 1 heterocycles. The number of benzene rings is 2. The van der Waals surface area contributed by atoms with Crippen LogP contribution >= 0.6 is 0 Å². The Hall–Kier alpha value is -2.31. The van der Waals surface area contributed by atoms with Crippen LogP contribution in [0.3, 0.4) is 0 Å². The minimum absolute atomic E-state index is 0.194. The summed E-state index contributed by atoms with van der Waals surface area (Å²) >= 11 is 0. The lowest BCUT2D eigenvalue weighted by molar-refractivity contribution is 0.383. The van der Waals surface area contributed by atoms with E-state index in [1.807, 2.05) is 37.3 Å². The minimum Gasteiger partial charge on any atom is -0.497 e. The van der Waals surface area contributed by atoms with E-state index in [0.29, 0.717) is 18.1 Å². The molecule has 3 aromatic rings. The lowest BCUT2D eigenvalue weighted by Gasteiger charge is -2.19. The molecule has 6 heteroatoms. The molecule has 5 nitrogen and oxygen atoms in total. The van der Waals surface area contributed by atoms with Crippen molar-refractivity contribution in [2.75, 3.05) is 13.7 Å². The zero-order chi connectivity index (χ0) is 17.2. The molecule has 0 fully saturated rings. The van der Waals surface area contributed by atoms with E-state index in [0.717, 1.165) is 11.0 Å². The van der Waals surface area contributed by atoms with Gasteiger partial charge in [0.25, 0.3) is 0 Å². The number of hydrogen-bond acceptors (Lipinski definition) is 4. The molecule has 1 aromatic heterocycles. The Morgan fingerprint density at radius 2 is 1.79 bits per heavy atom. The summed E-state index contributed by atoms with van der Waals surface area (Å²) in [4.78, 5) is 0.237. The summed E-state index contributed by atoms with van der Waals surface area (Å²) in [6.07, 6.45) is 0. The van der Waals surface area contributed by atoms with Crippen molar-refractivity contribution in [3.05, 3.63) is 60.4 Å². The predicted molar refractivity (Wildman–Crippen MR) is 92.5 cm³/mol. The molecular formula is C18H19NO4S. The number of nitrogens with zero attached hydrogens (tertiary/aromatic N) is 1. The van der Waals surface area contributed by atoms with Crippen molar-refractivity contribution < 1.29 is 17.6 Å². The van der Waals surface area contributed by atoms with Gasteiger partial charge in [-0.2, -0.15) is 4.31 Å². The van der Waals surface area contributed by atoms with Gasteiger partial charge in [-0.1, -0.05) is 25.1 Å². The Balaban J connectivity index is 1.88. The Bertz CT molecular complexity index is 896. The van der Waals surface area contributed by atoms with Crippen LogP contribution in [0.4, 0.5) is 0 Å². The highest BCUT2D eigenvalue weighted by Gasteiger charge is 2.24. The fourth-order valence-corrected chi connectivity index (χ4v) is 3.97. The zero-order valence-corrected chi connectivity index (χ0v) is 14.4. The molecule has 2 aromatic carbocycles. The first-order valence-electron chi connectivity index (χ1n) is 7.66. The summed E-state index contributed by atoms with van der Waals surface area (Å²) in [5.41, 5.74) is 0.755. The first-order chi connectivity index (χ1) is 11.5. The van der Waals surface area contributed by atoms with Gasteiger partial charge < -0.3 is 9.15 Å². The van der Waals surface area contributed by atoms with Crippen molar-refractivity contribution in [2.45, 2.75) is 18.4 Å². The highest BCUT2D eigenvalue weighted by atomic mass is 32.2. The van der Waals surface area contributed by atoms with Crippen LogP contribution < -0.4 is 4.74 Å². The van der Waals surface area contributed by atoms with Gasteiger partial charge in [0.1, 0.15) is 17.1 Å². The molecule has 0 atom stereocenters. The molecule has 0 radical (unpaired) electrons. The first-order valence-corrected chi connectivity index (χ1v) is 9.10. The maximum Gasteiger partial charge on any atom is 0.243 e.